The van der Waals surface area contributed by atoms with E-state index in [4.69, 9.17) is 11.6 Å². The van der Waals surface area contributed by atoms with Gasteiger partial charge in [0.05, 0.1) is 16.3 Å². The normalized spacial score (nSPS) is 12.4. The van der Waals surface area contributed by atoms with Crippen molar-refractivity contribution in [2.75, 3.05) is 37.8 Å². The molecule has 2 aromatic rings. The van der Waals surface area contributed by atoms with Crippen molar-refractivity contribution in [2.24, 2.45) is 0 Å². The number of rotatable bonds is 6. The van der Waals surface area contributed by atoms with Gasteiger partial charge in [-0.3, -0.25) is 0 Å². The van der Waals surface area contributed by atoms with E-state index < -0.39 is 23.6 Å². The SMILES string of the molecule is CN(C)CCNc1nc(Nc2ccc(C(F)(F)F)cc2Cl)cc(C(F)(F)F)n1. The lowest BCUT2D eigenvalue weighted by Gasteiger charge is -2.15. The zero-order valence-electron chi connectivity index (χ0n) is 14.7. The van der Waals surface area contributed by atoms with E-state index in [-0.39, 0.29) is 29.0 Å². The maximum absolute atomic E-state index is 13.1. The zero-order chi connectivity index (χ0) is 21.1. The number of nitrogens with zero attached hydrogens (tertiary/aromatic N) is 3. The average Bonchev–Trinajstić information content (AvgIpc) is 2.54. The Morgan fingerprint density at radius 3 is 2.21 bits per heavy atom. The summed E-state index contributed by atoms with van der Waals surface area (Å²) in [7, 11) is 3.57. The first-order chi connectivity index (χ1) is 12.9. The van der Waals surface area contributed by atoms with E-state index >= 15 is 0 Å². The minimum Gasteiger partial charge on any atom is -0.353 e. The lowest BCUT2D eigenvalue weighted by atomic mass is 10.2. The van der Waals surface area contributed by atoms with Gasteiger partial charge < -0.3 is 15.5 Å². The molecule has 1 aromatic heterocycles. The summed E-state index contributed by atoms with van der Waals surface area (Å²) in [6.45, 7) is 0.807. The van der Waals surface area contributed by atoms with Crippen LogP contribution in [0.4, 0.5) is 43.8 Å². The Bertz CT molecular complexity index is 822. The van der Waals surface area contributed by atoms with Gasteiger partial charge >= 0.3 is 12.4 Å². The smallest absolute Gasteiger partial charge is 0.353 e. The molecule has 0 saturated carbocycles. The van der Waals surface area contributed by atoms with E-state index in [2.05, 4.69) is 20.6 Å². The number of benzene rings is 1. The Morgan fingerprint density at radius 1 is 1.00 bits per heavy atom. The van der Waals surface area contributed by atoms with Crippen molar-refractivity contribution in [3.05, 3.63) is 40.5 Å². The number of nitrogens with one attached hydrogen (secondary N) is 2. The highest BCUT2D eigenvalue weighted by Crippen LogP contribution is 2.35. The van der Waals surface area contributed by atoms with Crippen LogP contribution in [0.2, 0.25) is 5.02 Å². The first-order valence-electron chi connectivity index (χ1n) is 7.85. The Hall–Kier alpha value is -2.27. The molecule has 0 aliphatic rings. The Labute approximate surface area is 161 Å². The molecule has 5 nitrogen and oxygen atoms in total. The molecule has 0 fully saturated rings. The maximum atomic E-state index is 13.1. The standard InChI is InChI=1S/C16H16ClF6N5/c1-28(2)6-5-24-14-26-12(16(21,22)23)8-13(27-14)25-11-4-3-9(7-10(11)17)15(18,19)20/h3-4,7-8H,5-6H2,1-2H3,(H2,24,25,26,27). The van der Waals surface area contributed by atoms with Gasteiger partial charge in [0, 0.05) is 19.2 Å². The summed E-state index contributed by atoms with van der Waals surface area (Å²) in [4.78, 5) is 9.15. The largest absolute Gasteiger partial charge is 0.433 e. The second kappa shape index (κ2) is 8.39. The van der Waals surface area contributed by atoms with Crippen LogP contribution >= 0.6 is 11.6 Å². The van der Waals surface area contributed by atoms with Crippen LogP contribution in [-0.4, -0.2) is 42.1 Å². The molecule has 2 rings (SSSR count). The molecule has 0 atom stereocenters. The molecule has 28 heavy (non-hydrogen) atoms. The Balaban J connectivity index is 2.31. The lowest BCUT2D eigenvalue weighted by Crippen LogP contribution is -2.22. The van der Waals surface area contributed by atoms with Crippen LogP contribution in [0.5, 0.6) is 0 Å². The first-order valence-corrected chi connectivity index (χ1v) is 8.22. The number of aromatic nitrogens is 2. The van der Waals surface area contributed by atoms with E-state index in [1.165, 1.54) is 0 Å². The summed E-state index contributed by atoms with van der Waals surface area (Å²) in [5, 5.41) is 4.86. The summed E-state index contributed by atoms with van der Waals surface area (Å²) in [5.41, 5.74) is -2.21. The average molecular weight is 428 g/mol. The van der Waals surface area contributed by atoms with E-state index in [1.807, 2.05) is 4.90 Å². The van der Waals surface area contributed by atoms with Crippen molar-refractivity contribution in [3.8, 4) is 0 Å². The van der Waals surface area contributed by atoms with Crippen molar-refractivity contribution >= 4 is 29.1 Å². The molecule has 1 heterocycles. The summed E-state index contributed by atoms with van der Waals surface area (Å²) in [6, 6.07) is 3.09. The molecular formula is C16H16ClF6N5. The third-order valence-electron chi connectivity index (χ3n) is 3.42. The number of hydrogen-bond donors (Lipinski definition) is 2. The molecule has 0 radical (unpaired) electrons. The second-order valence-corrected chi connectivity index (χ2v) is 6.41. The highest BCUT2D eigenvalue weighted by atomic mass is 35.5. The van der Waals surface area contributed by atoms with Crippen LogP contribution in [-0.2, 0) is 12.4 Å². The fraction of sp³-hybridized carbons (Fsp3) is 0.375. The third kappa shape index (κ3) is 6.13. The minimum absolute atomic E-state index is 0.0271. The van der Waals surface area contributed by atoms with Gasteiger partial charge in [-0.05, 0) is 32.3 Å². The van der Waals surface area contributed by atoms with Crippen LogP contribution in [0.15, 0.2) is 24.3 Å². The molecule has 0 spiro atoms. The van der Waals surface area contributed by atoms with Crippen molar-refractivity contribution in [3.63, 3.8) is 0 Å². The monoisotopic (exact) mass is 427 g/mol. The van der Waals surface area contributed by atoms with Gasteiger partial charge in [-0.1, -0.05) is 11.6 Å². The maximum Gasteiger partial charge on any atom is 0.433 e. The fourth-order valence-electron chi connectivity index (χ4n) is 2.06. The Kier molecular flexibility index (Phi) is 6.60. The molecule has 0 aliphatic carbocycles. The predicted octanol–water partition coefficient (Wildman–Crippen LogP) is 4.88. The van der Waals surface area contributed by atoms with Gasteiger partial charge in [-0.25, -0.2) is 4.98 Å². The molecule has 0 unspecified atom stereocenters. The van der Waals surface area contributed by atoms with Gasteiger partial charge in [0.25, 0.3) is 0 Å². The summed E-state index contributed by atoms with van der Waals surface area (Å²) in [5.74, 6) is -0.543. The van der Waals surface area contributed by atoms with E-state index in [0.717, 1.165) is 12.1 Å². The number of anilines is 3. The van der Waals surface area contributed by atoms with E-state index in [0.29, 0.717) is 18.7 Å². The highest BCUT2D eigenvalue weighted by molar-refractivity contribution is 6.33. The zero-order valence-corrected chi connectivity index (χ0v) is 15.5. The topological polar surface area (TPSA) is 53.1 Å². The van der Waals surface area contributed by atoms with Crippen LogP contribution < -0.4 is 10.6 Å². The molecule has 2 N–H and O–H groups in total. The van der Waals surface area contributed by atoms with E-state index in [9.17, 15) is 26.3 Å². The molecule has 0 aliphatic heterocycles. The summed E-state index contributed by atoms with van der Waals surface area (Å²) in [6.07, 6.45) is -9.33. The second-order valence-electron chi connectivity index (χ2n) is 6.01. The molecule has 1 aromatic carbocycles. The predicted molar refractivity (Wildman–Crippen MR) is 93.8 cm³/mol. The van der Waals surface area contributed by atoms with Crippen LogP contribution in [0.3, 0.4) is 0 Å². The van der Waals surface area contributed by atoms with Crippen molar-refractivity contribution in [1.82, 2.24) is 14.9 Å². The van der Waals surface area contributed by atoms with Gasteiger partial charge in [0.1, 0.15) is 5.82 Å². The first kappa shape index (κ1) is 22.0. The molecule has 0 bridgehead atoms. The van der Waals surface area contributed by atoms with Gasteiger partial charge in [-0.2, -0.15) is 31.3 Å². The quantitative estimate of drug-likeness (QED) is 0.643. The van der Waals surface area contributed by atoms with Crippen molar-refractivity contribution < 1.29 is 26.3 Å². The van der Waals surface area contributed by atoms with Gasteiger partial charge in [0.2, 0.25) is 5.95 Å². The van der Waals surface area contributed by atoms with Crippen molar-refractivity contribution in [1.29, 1.82) is 0 Å². The molecule has 0 amide bonds. The fourth-order valence-corrected chi connectivity index (χ4v) is 2.29. The van der Waals surface area contributed by atoms with Crippen molar-refractivity contribution in [2.45, 2.75) is 12.4 Å². The molecule has 12 heteroatoms. The van der Waals surface area contributed by atoms with E-state index in [1.54, 1.807) is 14.1 Å². The number of halogens is 7. The van der Waals surface area contributed by atoms with Crippen LogP contribution in [0, 0.1) is 0 Å². The number of likely N-dealkylation sites (N-methyl/N-ethyl adjacent to an activating group) is 1. The number of alkyl halides is 6. The van der Waals surface area contributed by atoms with Gasteiger partial charge in [0.15, 0.2) is 5.69 Å². The van der Waals surface area contributed by atoms with Crippen LogP contribution in [0.1, 0.15) is 11.3 Å². The molecule has 154 valence electrons. The lowest BCUT2D eigenvalue weighted by molar-refractivity contribution is -0.141. The van der Waals surface area contributed by atoms with Gasteiger partial charge in [-0.15, -0.1) is 0 Å². The summed E-state index contributed by atoms with van der Waals surface area (Å²) >= 11 is 5.82. The minimum atomic E-state index is -4.73. The molecule has 0 saturated heterocycles. The highest BCUT2D eigenvalue weighted by Gasteiger charge is 2.34. The third-order valence-corrected chi connectivity index (χ3v) is 3.73. The number of hydrogen-bond acceptors (Lipinski definition) is 5. The van der Waals surface area contributed by atoms with Crippen LogP contribution in [0.25, 0.3) is 0 Å². The molecular weight excluding hydrogens is 412 g/mol. The summed E-state index contributed by atoms with van der Waals surface area (Å²) < 4.78 is 77.4. The Morgan fingerprint density at radius 2 is 1.68 bits per heavy atom.